The van der Waals surface area contributed by atoms with Crippen LogP contribution in [0, 0.1) is 11.5 Å². The molecule has 0 radical (unpaired) electrons. The van der Waals surface area contributed by atoms with Gasteiger partial charge < -0.3 is 9.40 Å². The smallest absolute Gasteiger partial charge is 0.188 e. The first-order valence-corrected chi connectivity index (χ1v) is 6.20. The molecule has 1 rings (SSSR count). The summed E-state index contributed by atoms with van der Waals surface area (Å²) in [5.74, 6) is 0. The van der Waals surface area contributed by atoms with Gasteiger partial charge in [-0.15, -0.1) is 0 Å². The van der Waals surface area contributed by atoms with Crippen molar-refractivity contribution in [3.05, 3.63) is 92.2 Å². The normalized spacial score (nSPS) is 7.95. The first kappa shape index (κ1) is 15.8. The molecular formula is C16H16N4O. The van der Waals surface area contributed by atoms with Crippen LogP contribution in [0.5, 0.6) is 0 Å². The van der Waals surface area contributed by atoms with E-state index in [2.05, 4.69) is 9.97 Å². The zero-order valence-electron chi connectivity index (χ0n) is 11.4. The molecule has 0 saturated heterocycles. The van der Waals surface area contributed by atoms with Crippen LogP contribution in [0.15, 0.2) is 96.6 Å². The van der Waals surface area contributed by atoms with Crippen LogP contribution in [0.3, 0.4) is 0 Å². The number of nitrogens with one attached hydrogen (secondary N) is 1. The van der Waals surface area contributed by atoms with Gasteiger partial charge in [0.1, 0.15) is 0 Å². The van der Waals surface area contributed by atoms with E-state index in [1.807, 2.05) is 18.3 Å². The fourth-order valence-corrected chi connectivity index (χ4v) is 1.09. The highest BCUT2D eigenvalue weighted by Crippen LogP contribution is 1.78. The predicted octanol–water partition coefficient (Wildman–Crippen LogP) is 3.63. The molecule has 1 aromatic heterocycles. The second-order valence-electron chi connectivity index (χ2n) is 3.51. The highest BCUT2D eigenvalue weighted by atomic mass is 16.3. The zero-order valence-corrected chi connectivity index (χ0v) is 11.4. The van der Waals surface area contributed by atoms with Crippen molar-refractivity contribution in [2.75, 3.05) is 0 Å². The fraction of sp³-hybridized carbons (Fsp3) is 0. The molecule has 106 valence electrons. The van der Waals surface area contributed by atoms with E-state index in [0.29, 0.717) is 0 Å². The number of nitriles is 1. The van der Waals surface area contributed by atoms with Gasteiger partial charge in [-0.2, -0.15) is 5.26 Å². The number of H-pyrrole nitrogens is 1. The molecule has 0 aliphatic rings. The van der Waals surface area contributed by atoms with Gasteiger partial charge in [-0.1, -0.05) is 12.1 Å². The SMILES string of the molecule is N#Cn1cccnccccccocccc[nH]cc1. The van der Waals surface area contributed by atoms with Gasteiger partial charge in [0, 0.05) is 37.2 Å². The minimum atomic E-state index is 1.34. The number of rotatable bonds is 0. The van der Waals surface area contributed by atoms with Gasteiger partial charge in [0.15, 0.2) is 6.19 Å². The molecule has 0 atom stereocenters. The molecule has 0 bridgehead atoms. The lowest BCUT2D eigenvalue weighted by molar-refractivity contribution is 0.554. The summed E-state index contributed by atoms with van der Waals surface area (Å²) in [6.45, 7) is 0. The minimum Gasteiger partial charge on any atom is -0.473 e. The Morgan fingerprint density at radius 3 is 2.48 bits per heavy atom. The molecular weight excluding hydrogens is 264 g/mol. The van der Waals surface area contributed by atoms with E-state index in [1.54, 1.807) is 80.0 Å². The van der Waals surface area contributed by atoms with Crippen molar-refractivity contribution in [3.63, 3.8) is 0 Å². The largest absolute Gasteiger partial charge is 0.473 e. The highest BCUT2D eigenvalue weighted by Gasteiger charge is 1.71. The standard InChI is InChI=1S/C16H16N4O/c17-16-20-12-7-10-18-8-3-1-2-5-14-21-15-6-4-9-19-11-13-20/h1-15,19H. The van der Waals surface area contributed by atoms with Crippen LogP contribution in [0.1, 0.15) is 0 Å². The Bertz CT molecular complexity index is 611. The van der Waals surface area contributed by atoms with E-state index in [-0.39, 0.29) is 0 Å². The first-order chi connectivity index (χ1) is 10.4. The van der Waals surface area contributed by atoms with Crippen LogP contribution < -0.4 is 0 Å². The van der Waals surface area contributed by atoms with Crippen LogP contribution in [0.2, 0.25) is 0 Å². The van der Waals surface area contributed by atoms with Crippen LogP contribution in [0.25, 0.3) is 0 Å². The number of hydrogen-bond donors (Lipinski definition) is 1. The third-order valence-corrected chi connectivity index (χ3v) is 1.99. The van der Waals surface area contributed by atoms with Gasteiger partial charge in [-0.05, 0) is 30.3 Å². The summed E-state index contributed by atoms with van der Waals surface area (Å²) in [5, 5.41) is 8.90. The Balaban J connectivity index is 3.19. The molecule has 0 fully saturated rings. The molecule has 1 heterocycles. The molecule has 0 amide bonds. The lowest BCUT2D eigenvalue weighted by Gasteiger charge is -1.83. The van der Waals surface area contributed by atoms with E-state index in [9.17, 15) is 0 Å². The molecule has 0 spiro atoms. The molecule has 5 nitrogen and oxygen atoms in total. The molecule has 5 heteroatoms. The van der Waals surface area contributed by atoms with Crippen molar-refractivity contribution in [1.82, 2.24) is 14.5 Å². The third-order valence-electron chi connectivity index (χ3n) is 1.99. The van der Waals surface area contributed by atoms with Gasteiger partial charge in [0.05, 0.1) is 12.5 Å². The van der Waals surface area contributed by atoms with E-state index >= 15 is 0 Å². The topological polar surface area (TPSA) is 70.5 Å². The van der Waals surface area contributed by atoms with Crippen LogP contribution >= 0.6 is 0 Å². The summed E-state index contributed by atoms with van der Waals surface area (Å²) in [6.07, 6.45) is 14.9. The van der Waals surface area contributed by atoms with E-state index < -0.39 is 0 Å². The minimum absolute atomic E-state index is 1.34. The third kappa shape index (κ3) is 9.33. The zero-order chi connectivity index (χ0) is 15.0. The molecule has 0 aliphatic carbocycles. The summed E-state index contributed by atoms with van der Waals surface area (Å²) in [4.78, 5) is 6.92. The fourth-order valence-electron chi connectivity index (χ4n) is 1.09. The first-order valence-electron chi connectivity index (χ1n) is 6.20. The molecule has 21 heavy (non-hydrogen) atoms. The predicted molar refractivity (Wildman–Crippen MR) is 80.4 cm³/mol. The van der Waals surface area contributed by atoms with Gasteiger partial charge in [-0.25, -0.2) is 0 Å². The van der Waals surface area contributed by atoms with E-state index in [0.717, 1.165) is 0 Å². The molecule has 1 N–H and O–H groups in total. The van der Waals surface area contributed by atoms with Crippen LogP contribution in [-0.4, -0.2) is 14.5 Å². The Morgan fingerprint density at radius 2 is 1.62 bits per heavy atom. The van der Waals surface area contributed by atoms with Gasteiger partial charge >= 0.3 is 0 Å². The van der Waals surface area contributed by atoms with Gasteiger partial charge in [-0.3, -0.25) is 9.55 Å². The lowest BCUT2D eigenvalue weighted by atomic mass is 10.5. The lowest BCUT2D eigenvalue weighted by Crippen LogP contribution is -1.82. The van der Waals surface area contributed by atoms with E-state index in [4.69, 9.17) is 9.68 Å². The molecule has 0 aliphatic heterocycles. The van der Waals surface area contributed by atoms with E-state index in [1.165, 1.54) is 4.57 Å². The Labute approximate surface area is 123 Å². The highest BCUT2D eigenvalue weighted by molar-refractivity contribution is 4.90. The van der Waals surface area contributed by atoms with Crippen molar-refractivity contribution in [2.45, 2.75) is 0 Å². The number of nitrogens with zero attached hydrogens (tertiary/aromatic N) is 3. The maximum absolute atomic E-state index is 8.90. The summed E-state index contributed by atoms with van der Waals surface area (Å²) in [6, 6.07) is 12.4. The van der Waals surface area contributed by atoms with Gasteiger partial charge in [0.25, 0.3) is 0 Å². The Morgan fingerprint density at radius 1 is 0.857 bits per heavy atom. The van der Waals surface area contributed by atoms with Crippen molar-refractivity contribution in [3.8, 4) is 6.19 Å². The molecule has 0 saturated carbocycles. The second-order valence-corrected chi connectivity index (χ2v) is 3.51. The van der Waals surface area contributed by atoms with Gasteiger partial charge in [0.2, 0.25) is 0 Å². The van der Waals surface area contributed by atoms with Crippen LogP contribution in [0.4, 0.5) is 0 Å². The number of aromatic nitrogens is 3. The quantitative estimate of drug-likeness (QED) is 0.788. The van der Waals surface area contributed by atoms with Crippen molar-refractivity contribution >= 4 is 0 Å². The van der Waals surface area contributed by atoms with Crippen molar-refractivity contribution < 1.29 is 4.42 Å². The van der Waals surface area contributed by atoms with Crippen molar-refractivity contribution in [2.24, 2.45) is 0 Å². The molecule has 1 aromatic rings. The summed E-state index contributed by atoms with van der Waals surface area (Å²) in [7, 11) is 0. The number of hydrogen-bond acceptors (Lipinski definition) is 3. The number of aromatic amines is 1. The maximum atomic E-state index is 8.90. The van der Waals surface area contributed by atoms with Crippen LogP contribution in [-0.2, 0) is 0 Å². The summed E-state index contributed by atoms with van der Waals surface area (Å²) < 4.78 is 6.45. The second kappa shape index (κ2) is 11.8. The van der Waals surface area contributed by atoms with Crippen molar-refractivity contribution in [1.29, 1.82) is 5.26 Å². The molecule has 0 unspecified atom stereocenters. The Kier molecular flexibility index (Phi) is 8.88. The maximum Gasteiger partial charge on any atom is 0.188 e. The molecule has 0 aromatic carbocycles. The average molecular weight is 280 g/mol. The summed E-state index contributed by atoms with van der Waals surface area (Å²) in [5.41, 5.74) is 0. The monoisotopic (exact) mass is 280 g/mol. The average Bonchev–Trinajstić information content (AvgIpc) is 2.51. The summed E-state index contributed by atoms with van der Waals surface area (Å²) >= 11 is 0. The Hall–Kier alpha value is -3.26.